The average Bonchev–Trinajstić information content (AvgIpc) is 3.43. The van der Waals surface area contributed by atoms with Crippen LogP contribution in [0.4, 0.5) is 4.39 Å². The number of benzene rings is 2. The van der Waals surface area contributed by atoms with Crippen molar-refractivity contribution in [2.75, 3.05) is 0 Å². The van der Waals surface area contributed by atoms with Gasteiger partial charge in [-0.3, -0.25) is 0 Å². The summed E-state index contributed by atoms with van der Waals surface area (Å²) >= 11 is 0. The molecule has 0 radical (unpaired) electrons. The lowest BCUT2D eigenvalue weighted by molar-refractivity contribution is 0.300. The summed E-state index contributed by atoms with van der Waals surface area (Å²) in [5.74, 6) is 1.16. The molecule has 2 atom stereocenters. The largest absolute Gasteiger partial charge is 0.489 e. The van der Waals surface area contributed by atoms with Crippen LogP contribution in [0.2, 0.25) is 0 Å². The molecule has 2 saturated carbocycles. The molecule has 4 heteroatoms. The highest BCUT2D eigenvalue weighted by atomic mass is 19.1. The first kappa shape index (κ1) is 17.5. The minimum Gasteiger partial charge on any atom is -0.489 e. The van der Waals surface area contributed by atoms with Gasteiger partial charge in [0.1, 0.15) is 18.2 Å². The van der Waals surface area contributed by atoms with Crippen molar-refractivity contribution in [3.8, 4) is 5.75 Å². The van der Waals surface area contributed by atoms with Crippen molar-refractivity contribution in [3.63, 3.8) is 0 Å². The molecule has 26 heavy (non-hydrogen) atoms. The van der Waals surface area contributed by atoms with E-state index in [1.807, 2.05) is 18.2 Å². The standard InChI is InChI=1S/C22H27FN2O/c23-21-4-2-1-3-16(21)14-26-19-11-5-15(6-12-19)20-13-22(20)25-18-9-7-17(24)8-10-18/h1-6,11-12,17-18,20,22,25H,7-10,13-14,24H2/t17-,18-,20-,22+/m0/s1. The molecule has 4 rings (SSSR count). The Morgan fingerprint density at radius 2 is 1.73 bits per heavy atom. The summed E-state index contributed by atoms with van der Waals surface area (Å²) in [6, 6.07) is 16.6. The van der Waals surface area contributed by atoms with Crippen LogP contribution >= 0.6 is 0 Å². The molecule has 3 nitrogen and oxygen atoms in total. The molecule has 0 spiro atoms. The van der Waals surface area contributed by atoms with E-state index >= 15 is 0 Å². The predicted octanol–water partition coefficient (Wildman–Crippen LogP) is 4.12. The van der Waals surface area contributed by atoms with E-state index in [9.17, 15) is 4.39 Å². The van der Waals surface area contributed by atoms with Gasteiger partial charge in [-0.2, -0.15) is 0 Å². The Bertz CT molecular complexity index is 725. The Labute approximate surface area is 154 Å². The van der Waals surface area contributed by atoms with Gasteiger partial charge in [-0.25, -0.2) is 4.39 Å². The van der Waals surface area contributed by atoms with Crippen LogP contribution in [0.1, 0.15) is 49.1 Å². The van der Waals surface area contributed by atoms with Crippen LogP contribution in [0.5, 0.6) is 5.75 Å². The first-order chi connectivity index (χ1) is 12.7. The second kappa shape index (κ2) is 7.77. The van der Waals surface area contributed by atoms with Crippen molar-refractivity contribution in [2.45, 2.75) is 62.8 Å². The van der Waals surface area contributed by atoms with Gasteiger partial charge in [-0.1, -0.05) is 30.3 Å². The third-order valence-corrected chi connectivity index (χ3v) is 5.67. The smallest absolute Gasteiger partial charge is 0.129 e. The van der Waals surface area contributed by atoms with Gasteiger partial charge in [0.15, 0.2) is 0 Å². The van der Waals surface area contributed by atoms with Gasteiger partial charge in [-0.05, 0) is 55.9 Å². The summed E-state index contributed by atoms with van der Waals surface area (Å²) in [5, 5.41) is 3.80. The summed E-state index contributed by atoms with van der Waals surface area (Å²) in [4.78, 5) is 0. The quantitative estimate of drug-likeness (QED) is 0.820. The summed E-state index contributed by atoms with van der Waals surface area (Å²) in [5.41, 5.74) is 7.92. The summed E-state index contributed by atoms with van der Waals surface area (Å²) in [6.07, 6.45) is 5.89. The highest BCUT2D eigenvalue weighted by Gasteiger charge is 2.39. The van der Waals surface area contributed by atoms with Gasteiger partial charge in [0.2, 0.25) is 0 Å². The highest BCUT2D eigenvalue weighted by molar-refractivity contribution is 5.34. The lowest BCUT2D eigenvalue weighted by Gasteiger charge is -2.27. The molecular weight excluding hydrogens is 327 g/mol. The number of halogens is 1. The van der Waals surface area contributed by atoms with Crippen molar-refractivity contribution >= 4 is 0 Å². The van der Waals surface area contributed by atoms with E-state index in [0.717, 1.165) is 18.6 Å². The van der Waals surface area contributed by atoms with E-state index in [1.165, 1.54) is 30.9 Å². The Morgan fingerprint density at radius 3 is 2.46 bits per heavy atom. The number of rotatable bonds is 6. The van der Waals surface area contributed by atoms with Crippen LogP contribution in [-0.4, -0.2) is 18.1 Å². The van der Waals surface area contributed by atoms with E-state index in [2.05, 4.69) is 17.4 Å². The molecule has 3 N–H and O–H groups in total. The molecule has 0 bridgehead atoms. The topological polar surface area (TPSA) is 47.3 Å². The molecule has 0 amide bonds. The minimum absolute atomic E-state index is 0.223. The fourth-order valence-corrected chi connectivity index (χ4v) is 3.92. The minimum atomic E-state index is -0.223. The molecule has 138 valence electrons. The van der Waals surface area contributed by atoms with Crippen molar-refractivity contribution in [1.82, 2.24) is 5.32 Å². The molecule has 0 aromatic heterocycles. The number of hydrogen-bond acceptors (Lipinski definition) is 3. The molecule has 2 aromatic carbocycles. The second-order valence-corrected chi connectivity index (χ2v) is 7.68. The van der Waals surface area contributed by atoms with Crippen LogP contribution in [0, 0.1) is 5.82 Å². The van der Waals surface area contributed by atoms with Crippen molar-refractivity contribution in [2.24, 2.45) is 5.73 Å². The van der Waals surface area contributed by atoms with Crippen molar-refractivity contribution < 1.29 is 9.13 Å². The summed E-state index contributed by atoms with van der Waals surface area (Å²) in [7, 11) is 0. The lowest BCUT2D eigenvalue weighted by atomic mass is 9.92. The zero-order valence-corrected chi connectivity index (χ0v) is 15.0. The van der Waals surface area contributed by atoms with E-state index in [4.69, 9.17) is 10.5 Å². The third-order valence-electron chi connectivity index (χ3n) is 5.67. The molecule has 0 saturated heterocycles. The number of nitrogens with two attached hydrogens (primary N) is 1. The monoisotopic (exact) mass is 354 g/mol. The summed E-state index contributed by atoms with van der Waals surface area (Å²) < 4.78 is 19.4. The Balaban J connectivity index is 1.27. The van der Waals surface area contributed by atoms with Crippen LogP contribution < -0.4 is 15.8 Å². The normalized spacial score (nSPS) is 27.9. The molecule has 2 fully saturated rings. The number of hydrogen-bond donors (Lipinski definition) is 2. The number of ether oxygens (including phenoxy) is 1. The maximum Gasteiger partial charge on any atom is 0.129 e. The fourth-order valence-electron chi connectivity index (χ4n) is 3.92. The van der Waals surface area contributed by atoms with Crippen LogP contribution in [-0.2, 0) is 6.61 Å². The molecule has 0 aliphatic heterocycles. The van der Waals surface area contributed by atoms with Gasteiger partial charge < -0.3 is 15.8 Å². The SMILES string of the molecule is N[C@H]1CC[C@H](N[C@@H]2C[C@H]2c2ccc(OCc3ccccc3F)cc2)CC1. The Kier molecular flexibility index (Phi) is 5.23. The average molecular weight is 354 g/mol. The zero-order valence-electron chi connectivity index (χ0n) is 15.0. The van der Waals surface area contributed by atoms with Gasteiger partial charge in [0.25, 0.3) is 0 Å². The number of nitrogens with one attached hydrogen (secondary N) is 1. The molecule has 2 aliphatic carbocycles. The molecule has 0 heterocycles. The third kappa shape index (κ3) is 4.25. The fraction of sp³-hybridized carbons (Fsp3) is 0.455. The van der Waals surface area contributed by atoms with Gasteiger partial charge in [0.05, 0.1) is 0 Å². The van der Waals surface area contributed by atoms with E-state index < -0.39 is 0 Å². The first-order valence-electron chi connectivity index (χ1n) is 9.67. The predicted molar refractivity (Wildman–Crippen MR) is 102 cm³/mol. The van der Waals surface area contributed by atoms with Gasteiger partial charge >= 0.3 is 0 Å². The highest BCUT2D eigenvalue weighted by Crippen LogP contribution is 2.42. The first-order valence-corrected chi connectivity index (χ1v) is 9.67. The van der Waals surface area contributed by atoms with Crippen LogP contribution in [0.3, 0.4) is 0 Å². The van der Waals surface area contributed by atoms with Gasteiger partial charge in [-0.15, -0.1) is 0 Å². The molecule has 0 unspecified atom stereocenters. The maximum absolute atomic E-state index is 13.6. The lowest BCUT2D eigenvalue weighted by Crippen LogP contribution is -2.38. The van der Waals surface area contributed by atoms with Gasteiger partial charge in [0, 0.05) is 29.6 Å². The van der Waals surface area contributed by atoms with E-state index in [1.54, 1.807) is 12.1 Å². The molecular formula is C22H27FN2O. The Hall–Kier alpha value is -1.91. The zero-order chi connectivity index (χ0) is 17.9. The molecule has 2 aliphatic rings. The van der Waals surface area contributed by atoms with E-state index in [-0.39, 0.29) is 12.4 Å². The van der Waals surface area contributed by atoms with Crippen molar-refractivity contribution in [1.29, 1.82) is 0 Å². The Morgan fingerprint density at radius 1 is 1.00 bits per heavy atom. The summed E-state index contributed by atoms with van der Waals surface area (Å²) in [6.45, 7) is 0.253. The van der Waals surface area contributed by atoms with E-state index in [0.29, 0.717) is 29.6 Å². The second-order valence-electron chi connectivity index (χ2n) is 7.68. The van der Waals surface area contributed by atoms with Crippen LogP contribution in [0.25, 0.3) is 0 Å². The molecule has 2 aromatic rings. The van der Waals surface area contributed by atoms with Crippen LogP contribution in [0.15, 0.2) is 48.5 Å². The maximum atomic E-state index is 13.6. The van der Waals surface area contributed by atoms with Crippen molar-refractivity contribution in [3.05, 3.63) is 65.5 Å².